The predicted octanol–water partition coefficient (Wildman–Crippen LogP) is 6.67. The average molecular weight is 403 g/mol. The number of fused-ring (bicyclic) bond motifs is 1. The summed E-state index contributed by atoms with van der Waals surface area (Å²) in [7, 11) is 0. The maximum atomic E-state index is 5.79. The van der Waals surface area contributed by atoms with Crippen molar-refractivity contribution in [1.29, 1.82) is 0 Å². The molecule has 0 bridgehead atoms. The van der Waals surface area contributed by atoms with Crippen LogP contribution in [0.15, 0.2) is 92.8 Å². The zero-order valence-corrected chi connectivity index (χ0v) is 15.4. The average Bonchev–Trinajstić information content (AvgIpc) is 3.11. The number of rotatable bonds is 4. The van der Waals surface area contributed by atoms with E-state index in [-0.39, 0.29) is 0 Å². The Bertz CT molecular complexity index is 1040. The quantitative estimate of drug-likeness (QED) is 0.357. The van der Waals surface area contributed by atoms with Crippen LogP contribution in [0.2, 0.25) is 0 Å². The van der Waals surface area contributed by atoms with E-state index < -0.39 is 0 Å². The van der Waals surface area contributed by atoms with Crippen LogP contribution in [0.25, 0.3) is 28.6 Å². The van der Waals surface area contributed by atoms with E-state index >= 15 is 0 Å². The second-order valence-electron chi connectivity index (χ2n) is 5.72. The lowest BCUT2D eigenvalue weighted by Crippen LogP contribution is -1.76. The van der Waals surface area contributed by atoms with Crippen LogP contribution in [0.4, 0.5) is 5.69 Å². The summed E-state index contributed by atoms with van der Waals surface area (Å²) in [6, 6.07) is 23.7. The van der Waals surface area contributed by atoms with Gasteiger partial charge in [-0.3, -0.25) is 4.99 Å². The standard InChI is InChI=1S/C22H15BrN2O/c23-18-11-7-16(8-12-18)4-3-15-24-19-13-9-17(10-14-19)22-25-20-5-1-2-6-21(20)26-22/h1-15H. The van der Waals surface area contributed by atoms with Crippen molar-refractivity contribution in [3.63, 3.8) is 0 Å². The number of oxazole rings is 1. The van der Waals surface area contributed by atoms with Gasteiger partial charge >= 0.3 is 0 Å². The molecule has 0 aliphatic heterocycles. The molecule has 1 aromatic heterocycles. The molecule has 4 rings (SSSR count). The number of aliphatic imine (C=N–C) groups is 1. The first-order valence-corrected chi connectivity index (χ1v) is 8.99. The van der Waals surface area contributed by atoms with E-state index in [0.29, 0.717) is 5.89 Å². The number of para-hydroxylation sites is 2. The highest BCUT2D eigenvalue weighted by Crippen LogP contribution is 2.25. The molecule has 0 radical (unpaired) electrons. The van der Waals surface area contributed by atoms with Gasteiger partial charge in [0.05, 0.1) is 5.69 Å². The molecule has 0 amide bonds. The molecule has 4 aromatic rings. The molecule has 0 atom stereocenters. The van der Waals surface area contributed by atoms with Crippen molar-refractivity contribution in [2.75, 3.05) is 0 Å². The van der Waals surface area contributed by atoms with Gasteiger partial charge in [0.25, 0.3) is 0 Å². The summed E-state index contributed by atoms with van der Waals surface area (Å²) in [5.41, 5.74) is 4.60. The van der Waals surface area contributed by atoms with Crippen molar-refractivity contribution in [1.82, 2.24) is 4.98 Å². The molecule has 0 aliphatic rings. The van der Waals surface area contributed by atoms with Crippen LogP contribution < -0.4 is 0 Å². The first kappa shape index (κ1) is 16.5. The molecule has 0 fully saturated rings. The first-order valence-electron chi connectivity index (χ1n) is 8.20. The van der Waals surface area contributed by atoms with Crippen LogP contribution in [0.1, 0.15) is 5.56 Å². The van der Waals surface area contributed by atoms with Gasteiger partial charge in [-0.1, -0.05) is 46.3 Å². The number of halogens is 1. The van der Waals surface area contributed by atoms with Gasteiger partial charge in [0.1, 0.15) is 5.52 Å². The fraction of sp³-hybridized carbons (Fsp3) is 0. The normalized spacial score (nSPS) is 11.7. The molecule has 0 spiro atoms. The Labute approximate surface area is 159 Å². The molecule has 3 aromatic carbocycles. The molecule has 1 heterocycles. The van der Waals surface area contributed by atoms with Crippen LogP contribution in [0.3, 0.4) is 0 Å². The summed E-state index contributed by atoms with van der Waals surface area (Å²) >= 11 is 3.43. The van der Waals surface area contributed by atoms with Crippen LogP contribution in [0.5, 0.6) is 0 Å². The van der Waals surface area contributed by atoms with Gasteiger partial charge in [0.2, 0.25) is 5.89 Å². The molecular weight excluding hydrogens is 388 g/mol. The van der Waals surface area contributed by atoms with Gasteiger partial charge in [-0.15, -0.1) is 0 Å². The largest absolute Gasteiger partial charge is 0.436 e. The smallest absolute Gasteiger partial charge is 0.227 e. The van der Waals surface area contributed by atoms with Crippen LogP contribution >= 0.6 is 15.9 Å². The van der Waals surface area contributed by atoms with E-state index in [0.717, 1.165) is 32.4 Å². The lowest BCUT2D eigenvalue weighted by Gasteiger charge is -1.96. The second-order valence-corrected chi connectivity index (χ2v) is 6.64. The van der Waals surface area contributed by atoms with Crippen molar-refractivity contribution < 1.29 is 4.42 Å². The Balaban J connectivity index is 1.46. The molecule has 0 aliphatic carbocycles. The Morgan fingerprint density at radius 3 is 2.42 bits per heavy atom. The zero-order valence-electron chi connectivity index (χ0n) is 13.8. The third kappa shape index (κ3) is 3.81. The molecule has 0 saturated carbocycles. The molecule has 0 saturated heterocycles. The number of hydrogen-bond acceptors (Lipinski definition) is 3. The number of benzene rings is 3. The summed E-state index contributed by atoms with van der Waals surface area (Å²) in [6.07, 6.45) is 5.73. The van der Waals surface area contributed by atoms with E-state index in [2.05, 4.69) is 25.9 Å². The fourth-order valence-electron chi connectivity index (χ4n) is 2.54. The van der Waals surface area contributed by atoms with Crippen molar-refractivity contribution in [3.8, 4) is 11.5 Å². The van der Waals surface area contributed by atoms with Crippen LogP contribution in [-0.2, 0) is 0 Å². The third-order valence-electron chi connectivity index (χ3n) is 3.88. The van der Waals surface area contributed by atoms with E-state index in [1.807, 2.05) is 84.9 Å². The van der Waals surface area contributed by atoms with Gasteiger partial charge in [0.15, 0.2) is 5.58 Å². The van der Waals surface area contributed by atoms with E-state index in [9.17, 15) is 0 Å². The number of hydrogen-bond donors (Lipinski definition) is 0. The summed E-state index contributed by atoms with van der Waals surface area (Å²) < 4.78 is 6.86. The van der Waals surface area contributed by atoms with Gasteiger partial charge in [-0.25, -0.2) is 4.98 Å². The Hall–Kier alpha value is -2.98. The van der Waals surface area contributed by atoms with Crippen molar-refractivity contribution in [2.45, 2.75) is 0 Å². The van der Waals surface area contributed by atoms with Crippen molar-refractivity contribution in [3.05, 3.63) is 88.9 Å². The maximum absolute atomic E-state index is 5.79. The lowest BCUT2D eigenvalue weighted by molar-refractivity contribution is 0.620. The summed E-state index contributed by atoms with van der Waals surface area (Å²) in [6.45, 7) is 0. The van der Waals surface area contributed by atoms with Crippen molar-refractivity contribution >= 4 is 45.0 Å². The number of allylic oxidation sites excluding steroid dienone is 1. The minimum absolute atomic E-state index is 0.622. The molecule has 26 heavy (non-hydrogen) atoms. The van der Waals surface area contributed by atoms with Gasteiger partial charge in [0, 0.05) is 16.3 Å². The number of aromatic nitrogens is 1. The SMILES string of the molecule is Brc1ccc(C=CC=Nc2ccc(-c3nc4ccccc4o3)cc2)cc1. The number of nitrogens with zero attached hydrogens (tertiary/aromatic N) is 2. The zero-order chi connectivity index (χ0) is 17.8. The van der Waals surface area contributed by atoms with E-state index in [4.69, 9.17) is 4.42 Å². The Kier molecular flexibility index (Phi) is 4.75. The van der Waals surface area contributed by atoms with Gasteiger partial charge in [-0.2, -0.15) is 0 Å². The topological polar surface area (TPSA) is 38.4 Å². The molecule has 4 heteroatoms. The first-order chi connectivity index (χ1) is 12.8. The summed E-state index contributed by atoms with van der Waals surface area (Å²) in [5, 5.41) is 0. The fourth-order valence-corrected chi connectivity index (χ4v) is 2.81. The van der Waals surface area contributed by atoms with Crippen LogP contribution in [-0.4, -0.2) is 11.2 Å². The molecule has 126 valence electrons. The Morgan fingerprint density at radius 1 is 0.885 bits per heavy atom. The molecule has 0 unspecified atom stereocenters. The van der Waals surface area contributed by atoms with Gasteiger partial charge in [-0.05, 0) is 60.2 Å². The minimum atomic E-state index is 0.622. The van der Waals surface area contributed by atoms with E-state index in [1.165, 1.54) is 0 Å². The monoisotopic (exact) mass is 402 g/mol. The Morgan fingerprint density at radius 2 is 1.65 bits per heavy atom. The molecule has 3 nitrogen and oxygen atoms in total. The van der Waals surface area contributed by atoms with E-state index in [1.54, 1.807) is 6.21 Å². The minimum Gasteiger partial charge on any atom is -0.436 e. The summed E-state index contributed by atoms with van der Waals surface area (Å²) in [5.74, 6) is 0.622. The van der Waals surface area contributed by atoms with Gasteiger partial charge < -0.3 is 4.42 Å². The summed E-state index contributed by atoms with van der Waals surface area (Å²) in [4.78, 5) is 8.95. The van der Waals surface area contributed by atoms with Crippen LogP contribution in [0, 0.1) is 0 Å². The second kappa shape index (κ2) is 7.50. The molecular formula is C22H15BrN2O. The highest BCUT2D eigenvalue weighted by atomic mass is 79.9. The highest BCUT2D eigenvalue weighted by molar-refractivity contribution is 9.10. The highest BCUT2D eigenvalue weighted by Gasteiger charge is 2.07. The molecule has 0 N–H and O–H groups in total. The maximum Gasteiger partial charge on any atom is 0.227 e. The lowest BCUT2D eigenvalue weighted by atomic mass is 10.2. The third-order valence-corrected chi connectivity index (χ3v) is 4.41. The van der Waals surface area contributed by atoms with Crippen molar-refractivity contribution in [2.24, 2.45) is 4.99 Å². The predicted molar refractivity (Wildman–Crippen MR) is 111 cm³/mol.